The van der Waals surface area contributed by atoms with Crippen molar-refractivity contribution < 1.29 is 9.53 Å². The topological polar surface area (TPSA) is 38.3 Å². The molecule has 0 bridgehead atoms. The number of allylic oxidation sites excluding steroid dienone is 2. The van der Waals surface area contributed by atoms with Gasteiger partial charge in [0.2, 0.25) is 0 Å². The van der Waals surface area contributed by atoms with E-state index in [0.29, 0.717) is 12.5 Å². The van der Waals surface area contributed by atoms with Gasteiger partial charge in [-0.3, -0.25) is 0 Å². The predicted molar refractivity (Wildman–Crippen MR) is 104 cm³/mol. The number of cyclic esters (lactones) is 1. The lowest BCUT2D eigenvalue weighted by Crippen LogP contribution is -2.40. The van der Waals surface area contributed by atoms with Gasteiger partial charge in [-0.2, -0.15) is 0 Å². The number of amides is 1. The first-order chi connectivity index (χ1) is 12.7. The van der Waals surface area contributed by atoms with Crippen molar-refractivity contribution >= 4 is 6.09 Å². The molecule has 2 aliphatic carbocycles. The van der Waals surface area contributed by atoms with Gasteiger partial charge in [0, 0.05) is 0 Å². The van der Waals surface area contributed by atoms with Crippen LogP contribution in [-0.4, -0.2) is 18.2 Å². The van der Waals surface area contributed by atoms with Gasteiger partial charge < -0.3 is 10.1 Å². The molecule has 2 fully saturated rings. The Balaban J connectivity index is 1.38. The first kappa shape index (κ1) is 17.6. The van der Waals surface area contributed by atoms with Crippen molar-refractivity contribution in [2.45, 2.75) is 76.2 Å². The molecule has 1 heterocycles. The molecule has 1 saturated heterocycles. The number of ether oxygens (including phenoxy) is 1. The Kier molecular flexibility index (Phi) is 5.06. The number of carbonyl (C=O) groups is 1. The van der Waals surface area contributed by atoms with Crippen LogP contribution >= 0.6 is 0 Å². The number of aryl methyl sites for hydroxylation is 1. The quantitative estimate of drug-likeness (QED) is 0.731. The molecule has 0 radical (unpaired) electrons. The highest BCUT2D eigenvalue weighted by atomic mass is 16.6. The second-order valence-corrected chi connectivity index (χ2v) is 8.52. The summed E-state index contributed by atoms with van der Waals surface area (Å²) in [5.74, 6) is 1.40. The largest absolute Gasteiger partial charge is 0.447 e. The first-order valence-electron chi connectivity index (χ1n) is 10.4. The Morgan fingerprint density at radius 2 is 2.19 bits per heavy atom. The zero-order valence-electron chi connectivity index (χ0n) is 15.9. The highest BCUT2D eigenvalue weighted by molar-refractivity contribution is 5.70. The Morgan fingerprint density at radius 3 is 3.00 bits per heavy atom. The number of nitrogens with one attached hydrogen (secondary N) is 1. The van der Waals surface area contributed by atoms with Gasteiger partial charge in [-0.05, 0) is 86.3 Å². The van der Waals surface area contributed by atoms with Crippen LogP contribution in [0.1, 0.15) is 74.5 Å². The molecule has 0 aromatic heterocycles. The fourth-order valence-corrected chi connectivity index (χ4v) is 5.12. The summed E-state index contributed by atoms with van der Waals surface area (Å²) in [4.78, 5) is 11.4. The van der Waals surface area contributed by atoms with Crippen LogP contribution in [0, 0.1) is 5.92 Å². The van der Waals surface area contributed by atoms with E-state index >= 15 is 0 Å². The number of rotatable bonds is 5. The van der Waals surface area contributed by atoms with Gasteiger partial charge in [0.1, 0.15) is 6.61 Å². The summed E-state index contributed by atoms with van der Waals surface area (Å²) in [5.41, 5.74) is 4.49. The molecule has 1 amide bonds. The van der Waals surface area contributed by atoms with Crippen LogP contribution in [-0.2, 0) is 17.6 Å². The van der Waals surface area contributed by atoms with Gasteiger partial charge in [0.05, 0.1) is 5.54 Å². The lowest BCUT2D eigenvalue weighted by molar-refractivity contribution is 0.172. The van der Waals surface area contributed by atoms with Gasteiger partial charge in [-0.1, -0.05) is 37.3 Å². The number of carbonyl (C=O) groups excluding carboxylic acids is 1. The highest BCUT2D eigenvalue weighted by Gasteiger charge is 2.46. The minimum atomic E-state index is -0.240. The molecule has 1 saturated carbocycles. The first-order valence-corrected chi connectivity index (χ1v) is 10.4. The van der Waals surface area contributed by atoms with E-state index in [-0.39, 0.29) is 11.6 Å². The van der Waals surface area contributed by atoms with Crippen LogP contribution in [0.5, 0.6) is 0 Å². The fourth-order valence-electron chi connectivity index (χ4n) is 5.12. The highest BCUT2D eigenvalue weighted by Crippen LogP contribution is 2.43. The minimum absolute atomic E-state index is 0.102. The lowest BCUT2D eigenvalue weighted by Gasteiger charge is -2.26. The van der Waals surface area contributed by atoms with E-state index in [4.69, 9.17) is 4.74 Å². The molecule has 3 atom stereocenters. The summed E-state index contributed by atoms with van der Waals surface area (Å²) in [6.07, 6.45) is 15.1. The molecule has 1 unspecified atom stereocenters. The van der Waals surface area contributed by atoms with Crippen molar-refractivity contribution in [1.29, 1.82) is 0 Å². The Labute approximate surface area is 157 Å². The summed E-state index contributed by atoms with van der Waals surface area (Å²) >= 11 is 0. The SMILES string of the molecule is CC/C=C/CCC1CCc2cc([C@H]3CC[C@]4(COC(=O)N4)C3)ccc2C1. The lowest BCUT2D eigenvalue weighted by atomic mass is 9.80. The van der Waals surface area contributed by atoms with Crippen molar-refractivity contribution in [2.75, 3.05) is 6.61 Å². The normalized spacial score (nSPS) is 30.6. The second-order valence-electron chi connectivity index (χ2n) is 8.52. The van der Waals surface area contributed by atoms with Crippen molar-refractivity contribution in [3.8, 4) is 0 Å². The maximum atomic E-state index is 11.4. The zero-order valence-corrected chi connectivity index (χ0v) is 15.9. The molecular formula is C23H31NO2. The molecular weight excluding hydrogens is 322 g/mol. The van der Waals surface area contributed by atoms with Crippen molar-refractivity contribution in [1.82, 2.24) is 5.32 Å². The molecule has 1 aromatic rings. The van der Waals surface area contributed by atoms with Crippen LogP contribution < -0.4 is 5.32 Å². The Bertz CT molecular complexity index is 695. The third-order valence-electron chi connectivity index (χ3n) is 6.63. The number of hydrogen-bond donors (Lipinski definition) is 1. The van der Waals surface area contributed by atoms with E-state index in [1.54, 1.807) is 11.1 Å². The van der Waals surface area contributed by atoms with E-state index in [1.807, 2.05) is 0 Å². The molecule has 1 aliphatic heterocycles. The summed E-state index contributed by atoms with van der Waals surface area (Å²) in [6, 6.07) is 7.19. The number of hydrogen-bond acceptors (Lipinski definition) is 2. The molecule has 3 heteroatoms. The second kappa shape index (κ2) is 7.46. The Morgan fingerprint density at radius 1 is 1.27 bits per heavy atom. The smallest absolute Gasteiger partial charge is 0.407 e. The average Bonchev–Trinajstić information content (AvgIpc) is 3.24. The molecule has 140 valence electrons. The van der Waals surface area contributed by atoms with Crippen LogP contribution in [0.25, 0.3) is 0 Å². The molecule has 3 aliphatic rings. The third kappa shape index (κ3) is 3.67. The minimum Gasteiger partial charge on any atom is -0.447 e. The van der Waals surface area contributed by atoms with E-state index in [2.05, 4.69) is 42.6 Å². The maximum absolute atomic E-state index is 11.4. The number of fused-ring (bicyclic) bond motifs is 1. The van der Waals surface area contributed by atoms with Crippen LogP contribution in [0.15, 0.2) is 30.4 Å². The van der Waals surface area contributed by atoms with Crippen LogP contribution in [0.3, 0.4) is 0 Å². The number of alkyl carbamates (subject to hydrolysis) is 1. The van der Waals surface area contributed by atoms with Gasteiger partial charge in [-0.25, -0.2) is 4.79 Å². The van der Waals surface area contributed by atoms with E-state index in [1.165, 1.54) is 37.7 Å². The van der Waals surface area contributed by atoms with Crippen molar-refractivity contribution in [2.24, 2.45) is 5.92 Å². The molecule has 1 aromatic carbocycles. The van der Waals surface area contributed by atoms with Gasteiger partial charge in [0.15, 0.2) is 0 Å². The summed E-state index contributed by atoms with van der Waals surface area (Å²) < 4.78 is 5.17. The van der Waals surface area contributed by atoms with Crippen molar-refractivity contribution in [3.05, 3.63) is 47.0 Å². The third-order valence-corrected chi connectivity index (χ3v) is 6.63. The summed E-state index contributed by atoms with van der Waals surface area (Å²) in [7, 11) is 0. The van der Waals surface area contributed by atoms with E-state index in [9.17, 15) is 4.79 Å². The van der Waals surface area contributed by atoms with Crippen molar-refractivity contribution in [3.63, 3.8) is 0 Å². The van der Waals surface area contributed by atoms with Gasteiger partial charge in [-0.15, -0.1) is 0 Å². The Hall–Kier alpha value is -1.77. The molecule has 26 heavy (non-hydrogen) atoms. The predicted octanol–water partition coefficient (Wildman–Crippen LogP) is 5.28. The summed E-state index contributed by atoms with van der Waals surface area (Å²) in [6.45, 7) is 2.74. The zero-order chi connectivity index (χ0) is 18.0. The fraction of sp³-hybridized carbons (Fsp3) is 0.609. The molecule has 3 nitrogen and oxygen atoms in total. The molecule has 1 N–H and O–H groups in total. The summed E-state index contributed by atoms with van der Waals surface area (Å²) in [5, 5.41) is 3.06. The molecule has 4 rings (SSSR count). The van der Waals surface area contributed by atoms with E-state index < -0.39 is 0 Å². The monoisotopic (exact) mass is 353 g/mol. The standard InChI is InChI=1S/C23H31NO2/c1-2-3-4-5-6-17-7-8-19-14-20(10-9-18(19)13-17)21-11-12-23(15-21)16-26-22(25)24-23/h3-4,9-10,14,17,21H,2,5-8,11-13,15-16H2,1H3,(H,24,25)/b4-3+/t17?,21-,23+/m0/s1. The van der Waals surface area contributed by atoms with Crippen LogP contribution in [0.2, 0.25) is 0 Å². The van der Waals surface area contributed by atoms with Gasteiger partial charge in [0.25, 0.3) is 0 Å². The number of benzene rings is 1. The average molecular weight is 354 g/mol. The van der Waals surface area contributed by atoms with Gasteiger partial charge >= 0.3 is 6.09 Å². The maximum Gasteiger partial charge on any atom is 0.407 e. The van der Waals surface area contributed by atoms with E-state index in [0.717, 1.165) is 31.6 Å². The molecule has 1 spiro atoms. The van der Waals surface area contributed by atoms with Crippen LogP contribution in [0.4, 0.5) is 4.79 Å².